The lowest BCUT2D eigenvalue weighted by Gasteiger charge is -2.47. The minimum Gasteiger partial charge on any atom is -0.496 e. The van der Waals surface area contributed by atoms with Crippen molar-refractivity contribution >= 4 is 29.1 Å². The number of ether oxygens (including phenoxy) is 2. The average Bonchev–Trinajstić information content (AvgIpc) is 3.44. The van der Waals surface area contributed by atoms with Gasteiger partial charge in [-0.25, -0.2) is 15.0 Å². The highest BCUT2D eigenvalue weighted by Gasteiger charge is 2.47. The van der Waals surface area contributed by atoms with Gasteiger partial charge < -0.3 is 25.2 Å². The Morgan fingerprint density at radius 1 is 1.00 bits per heavy atom. The maximum atomic E-state index is 11.7. The van der Waals surface area contributed by atoms with E-state index in [0.717, 1.165) is 67.0 Å². The van der Waals surface area contributed by atoms with Crippen LogP contribution in [-0.4, -0.2) is 76.9 Å². The molecule has 1 saturated carbocycles. The van der Waals surface area contributed by atoms with Gasteiger partial charge >= 0.3 is 0 Å². The first-order chi connectivity index (χ1) is 22.8. The SMILES string of the molecule is COc1cc(-c2ncnc(-c3cccc(-c4ccc(CN[C@H]5C[C@H](O)C5)c(OC)n4)c3Cl)c2Cl)ccc1CN1CC2(CNC(=O)C2)C1. The quantitative estimate of drug-likeness (QED) is 0.210. The van der Waals surface area contributed by atoms with Crippen molar-refractivity contribution in [2.24, 2.45) is 5.41 Å². The summed E-state index contributed by atoms with van der Waals surface area (Å²) < 4.78 is 11.4. The summed E-state index contributed by atoms with van der Waals surface area (Å²) in [4.78, 5) is 27.9. The lowest BCUT2D eigenvalue weighted by atomic mass is 9.79. The third kappa shape index (κ3) is 6.28. The monoisotopic (exact) mass is 674 g/mol. The van der Waals surface area contributed by atoms with E-state index >= 15 is 0 Å². The summed E-state index contributed by atoms with van der Waals surface area (Å²) in [5, 5.41) is 16.8. The van der Waals surface area contributed by atoms with E-state index in [1.807, 2.05) is 48.5 Å². The van der Waals surface area contributed by atoms with Gasteiger partial charge in [0, 0.05) is 78.4 Å². The number of likely N-dealkylation sites (tertiary alicyclic amines) is 1. The van der Waals surface area contributed by atoms with Gasteiger partial charge in [-0.2, -0.15) is 0 Å². The van der Waals surface area contributed by atoms with Gasteiger partial charge in [-0.15, -0.1) is 0 Å². The number of carbonyl (C=O) groups excluding carboxylic acids is 1. The van der Waals surface area contributed by atoms with Crippen LogP contribution < -0.4 is 20.1 Å². The van der Waals surface area contributed by atoms with Crippen molar-refractivity contribution < 1.29 is 19.4 Å². The van der Waals surface area contributed by atoms with Crippen LogP contribution in [-0.2, 0) is 17.9 Å². The predicted molar refractivity (Wildman–Crippen MR) is 180 cm³/mol. The van der Waals surface area contributed by atoms with Crippen LogP contribution in [0.5, 0.6) is 11.6 Å². The van der Waals surface area contributed by atoms with Crippen molar-refractivity contribution in [3.8, 4) is 45.4 Å². The minimum atomic E-state index is -0.217. The lowest BCUT2D eigenvalue weighted by Crippen LogP contribution is -2.56. The molecule has 2 aromatic carbocycles. The van der Waals surface area contributed by atoms with Crippen LogP contribution in [0.15, 0.2) is 54.9 Å². The Hall–Kier alpha value is -3.80. The van der Waals surface area contributed by atoms with E-state index in [1.54, 1.807) is 14.2 Å². The number of methoxy groups -OCH3 is 2. The number of nitrogens with one attached hydrogen (secondary N) is 2. The van der Waals surface area contributed by atoms with Gasteiger partial charge in [-0.3, -0.25) is 9.69 Å². The summed E-state index contributed by atoms with van der Waals surface area (Å²) in [6.07, 6.45) is 3.38. The molecule has 4 heterocycles. The highest BCUT2D eigenvalue weighted by molar-refractivity contribution is 6.38. The molecule has 3 aliphatic rings. The van der Waals surface area contributed by atoms with Gasteiger partial charge in [-0.05, 0) is 25.0 Å². The van der Waals surface area contributed by atoms with Crippen molar-refractivity contribution in [2.45, 2.75) is 44.5 Å². The zero-order chi connectivity index (χ0) is 32.7. The maximum Gasteiger partial charge on any atom is 0.220 e. The van der Waals surface area contributed by atoms with Crippen LogP contribution in [0.25, 0.3) is 33.8 Å². The Balaban J connectivity index is 1.12. The number of aliphatic hydroxyl groups excluding tert-OH is 1. The molecule has 1 amide bonds. The third-order valence-corrected chi connectivity index (χ3v) is 10.2. The topological polar surface area (TPSA) is 122 Å². The number of hydrogen-bond acceptors (Lipinski definition) is 9. The number of aliphatic hydroxyl groups is 1. The summed E-state index contributed by atoms with van der Waals surface area (Å²) in [6, 6.07) is 15.9. The molecule has 2 aromatic heterocycles. The van der Waals surface area contributed by atoms with E-state index in [2.05, 4.69) is 25.5 Å². The van der Waals surface area contributed by atoms with E-state index in [4.69, 9.17) is 37.7 Å². The molecule has 3 fully saturated rings. The molecule has 244 valence electrons. The van der Waals surface area contributed by atoms with E-state index in [9.17, 15) is 9.90 Å². The summed E-state index contributed by atoms with van der Waals surface area (Å²) in [5.74, 6) is 1.39. The Morgan fingerprint density at radius 2 is 1.77 bits per heavy atom. The van der Waals surface area contributed by atoms with Gasteiger partial charge in [0.1, 0.15) is 12.1 Å². The van der Waals surface area contributed by atoms with Crippen LogP contribution in [0, 0.1) is 5.41 Å². The predicted octanol–water partition coefficient (Wildman–Crippen LogP) is 5.13. The number of benzene rings is 2. The smallest absolute Gasteiger partial charge is 0.220 e. The molecule has 0 bridgehead atoms. The standard InChI is InChI=1S/C35H36Cl2N6O4/c1-46-28-10-20(6-7-22(28)15-43-17-35(18-43)13-29(45)39-16-35)32-31(37)33(41-19-40-32)26-5-3-4-25(30(26)36)27-9-8-21(34(42-27)47-2)14-38-23-11-24(44)12-23/h3-10,19,23-24,38,44H,11-18H2,1-2H3,(H,39,45)/t23-,24-. The molecule has 1 spiro atoms. The van der Waals surface area contributed by atoms with Crippen molar-refractivity contribution in [3.63, 3.8) is 0 Å². The van der Waals surface area contributed by atoms with Crippen molar-refractivity contribution in [2.75, 3.05) is 33.9 Å². The fourth-order valence-corrected chi connectivity index (χ4v) is 7.48. The Bertz CT molecular complexity index is 1830. The second-order valence-electron chi connectivity index (χ2n) is 12.7. The number of halogens is 2. The molecule has 12 heteroatoms. The number of hydrogen-bond donors (Lipinski definition) is 3. The fraction of sp³-hybridized carbons (Fsp3) is 0.371. The van der Waals surface area contributed by atoms with Crippen LogP contribution in [0.4, 0.5) is 0 Å². The Morgan fingerprint density at radius 3 is 2.49 bits per heavy atom. The molecule has 2 saturated heterocycles. The molecule has 1 aliphatic carbocycles. The van der Waals surface area contributed by atoms with Gasteiger partial charge in [0.25, 0.3) is 0 Å². The number of carbonyl (C=O) groups is 1. The van der Waals surface area contributed by atoms with E-state index in [0.29, 0.717) is 57.6 Å². The molecule has 7 rings (SSSR count). The fourth-order valence-electron chi connectivity index (χ4n) is 6.86. The highest BCUT2D eigenvalue weighted by atomic mass is 35.5. The van der Waals surface area contributed by atoms with Crippen molar-refractivity contribution in [1.29, 1.82) is 0 Å². The first-order valence-electron chi connectivity index (χ1n) is 15.7. The Labute approximate surface area is 283 Å². The largest absolute Gasteiger partial charge is 0.496 e. The lowest BCUT2D eigenvalue weighted by molar-refractivity contribution is -0.120. The molecule has 0 unspecified atom stereocenters. The second-order valence-corrected chi connectivity index (χ2v) is 13.5. The summed E-state index contributed by atoms with van der Waals surface area (Å²) >= 11 is 14.0. The van der Waals surface area contributed by atoms with Crippen LogP contribution >= 0.6 is 23.2 Å². The first kappa shape index (κ1) is 31.8. The Kier molecular flexibility index (Phi) is 8.80. The van der Waals surface area contributed by atoms with E-state index in [1.165, 1.54) is 6.33 Å². The number of aromatic nitrogens is 3. The molecule has 10 nitrogen and oxygen atoms in total. The second kappa shape index (κ2) is 13.0. The minimum absolute atomic E-state index is 0.0673. The van der Waals surface area contributed by atoms with Crippen LogP contribution in [0.1, 0.15) is 30.4 Å². The summed E-state index contributed by atoms with van der Waals surface area (Å²) in [6.45, 7) is 3.83. The van der Waals surface area contributed by atoms with Gasteiger partial charge in [0.15, 0.2) is 0 Å². The molecular formula is C35H36Cl2N6O4. The summed E-state index contributed by atoms with van der Waals surface area (Å²) in [5.41, 5.74) is 5.94. The number of rotatable bonds is 10. The van der Waals surface area contributed by atoms with Crippen LogP contribution in [0.3, 0.4) is 0 Å². The first-order valence-corrected chi connectivity index (χ1v) is 16.4. The number of amides is 1. The molecule has 2 aliphatic heterocycles. The van der Waals surface area contributed by atoms with E-state index < -0.39 is 0 Å². The third-order valence-electron chi connectivity index (χ3n) is 9.41. The molecule has 47 heavy (non-hydrogen) atoms. The number of pyridine rings is 1. The van der Waals surface area contributed by atoms with Crippen molar-refractivity contribution in [1.82, 2.24) is 30.5 Å². The molecule has 0 atom stereocenters. The van der Waals surface area contributed by atoms with E-state index in [-0.39, 0.29) is 17.4 Å². The zero-order valence-corrected chi connectivity index (χ0v) is 27.7. The van der Waals surface area contributed by atoms with Gasteiger partial charge in [0.2, 0.25) is 11.8 Å². The summed E-state index contributed by atoms with van der Waals surface area (Å²) in [7, 11) is 3.26. The van der Waals surface area contributed by atoms with Crippen LogP contribution in [0.2, 0.25) is 10.0 Å². The molecule has 4 aromatic rings. The molecule has 3 N–H and O–H groups in total. The maximum absolute atomic E-state index is 11.7. The van der Waals surface area contributed by atoms with Gasteiger partial charge in [0.05, 0.1) is 47.5 Å². The van der Waals surface area contributed by atoms with Gasteiger partial charge in [-0.1, -0.05) is 59.6 Å². The normalized spacial score (nSPS) is 20.1. The van der Waals surface area contributed by atoms with Crippen molar-refractivity contribution in [3.05, 3.63) is 76.0 Å². The zero-order valence-electron chi connectivity index (χ0n) is 26.2. The molecular weight excluding hydrogens is 639 g/mol. The average molecular weight is 676 g/mol. The highest BCUT2D eigenvalue weighted by Crippen LogP contribution is 2.42. The number of nitrogens with zero attached hydrogens (tertiary/aromatic N) is 4. The molecule has 0 radical (unpaired) electrons.